The molecule has 2 aromatic rings. The van der Waals surface area contributed by atoms with Crippen LogP contribution >= 0.6 is 0 Å². The zero-order valence-electron chi connectivity index (χ0n) is 17.1. The highest BCUT2D eigenvalue weighted by molar-refractivity contribution is 6.01. The van der Waals surface area contributed by atoms with Gasteiger partial charge in [-0.3, -0.25) is 18.8 Å². The van der Waals surface area contributed by atoms with Gasteiger partial charge in [-0.05, 0) is 31.7 Å². The highest BCUT2D eigenvalue weighted by Crippen LogP contribution is 2.21. The lowest BCUT2D eigenvalue weighted by Crippen LogP contribution is -2.45. The van der Waals surface area contributed by atoms with E-state index in [1.807, 2.05) is 24.9 Å². The fourth-order valence-electron chi connectivity index (χ4n) is 2.99. The van der Waals surface area contributed by atoms with Crippen LogP contribution in [0.1, 0.15) is 18.1 Å². The third kappa shape index (κ3) is 5.21. The number of nitriles is 1. The monoisotopic (exact) mass is 412 g/mol. The number of carbonyl (C=O) groups excluding carboxylic acids is 1. The first kappa shape index (κ1) is 22.6. The summed E-state index contributed by atoms with van der Waals surface area (Å²) < 4.78 is 1.43. The van der Waals surface area contributed by atoms with E-state index in [0.29, 0.717) is 24.6 Å². The molecule has 1 amide bonds. The minimum absolute atomic E-state index is 0.202. The number of nitrogens with two attached hydrogens (primary N) is 1. The Labute approximate surface area is 173 Å². The quantitative estimate of drug-likeness (QED) is 0.538. The lowest BCUT2D eigenvalue weighted by atomic mass is 10.1. The van der Waals surface area contributed by atoms with Crippen molar-refractivity contribution in [3.63, 3.8) is 0 Å². The number of pyridine rings is 1. The second-order valence-corrected chi connectivity index (χ2v) is 6.88. The first-order valence-corrected chi connectivity index (χ1v) is 9.22. The summed E-state index contributed by atoms with van der Waals surface area (Å²) in [4.78, 5) is 42.4. The van der Waals surface area contributed by atoms with Crippen molar-refractivity contribution >= 4 is 29.4 Å². The Bertz CT molecular complexity index is 1090. The number of piperazine rings is 1. The molecule has 3 rings (SSSR count). The van der Waals surface area contributed by atoms with E-state index >= 15 is 0 Å². The van der Waals surface area contributed by atoms with Crippen molar-refractivity contribution in [2.75, 3.05) is 38.1 Å². The van der Waals surface area contributed by atoms with Crippen LogP contribution in [-0.4, -0.2) is 64.5 Å². The zero-order chi connectivity index (χ0) is 22.4. The SMILES string of the molecule is CC(=O)O.Cc1cccn2c(=O)c(/C=C(/C#N)C(N)=O)c(N3CCN(C)CC3)nc12. The molecule has 10 nitrogen and oxygen atoms in total. The Morgan fingerprint density at radius 1 is 1.30 bits per heavy atom. The largest absolute Gasteiger partial charge is 0.481 e. The van der Waals surface area contributed by atoms with Gasteiger partial charge in [-0.2, -0.15) is 5.26 Å². The fraction of sp³-hybridized carbons (Fsp3) is 0.350. The number of rotatable bonds is 3. The van der Waals surface area contributed by atoms with Crippen molar-refractivity contribution in [2.24, 2.45) is 5.73 Å². The molecule has 1 saturated heterocycles. The van der Waals surface area contributed by atoms with Crippen molar-refractivity contribution in [2.45, 2.75) is 13.8 Å². The predicted molar refractivity (Wildman–Crippen MR) is 112 cm³/mol. The van der Waals surface area contributed by atoms with Gasteiger partial charge >= 0.3 is 0 Å². The summed E-state index contributed by atoms with van der Waals surface area (Å²) in [5.74, 6) is -1.23. The molecule has 10 heteroatoms. The lowest BCUT2D eigenvalue weighted by Gasteiger charge is -2.34. The van der Waals surface area contributed by atoms with E-state index < -0.39 is 11.9 Å². The van der Waals surface area contributed by atoms with Gasteiger partial charge in [0.05, 0.1) is 5.56 Å². The molecule has 0 spiro atoms. The maximum atomic E-state index is 13.1. The van der Waals surface area contributed by atoms with Crippen LogP contribution in [0.15, 0.2) is 28.7 Å². The van der Waals surface area contributed by atoms with Crippen molar-refractivity contribution in [1.82, 2.24) is 14.3 Å². The van der Waals surface area contributed by atoms with E-state index in [1.165, 1.54) is 10.5 Å². The molecule has 0 aliphatic carbocycles. The Kier molecular flexibility index (Phi) is 7.27. The van der Waals surface area contributed by atoms with Crippen LogP contribution in [0.3, 0.4) is 0 Å². The van der Waals surface area contributed by atoms with Gasteiger partial charge < -0.3 is 20.6 Å². The number of hydrogen-bond acceptors (Lipinski definition) is 7. The Hall–Kier alpha value is -3.71. The molecule has 1 fully saturated rings. The summed E-state index contributed by atoms with van der Waals surface area (Å²) >= 11 is 0. The molecular formula is C20H24N6O4. The van der Waals surface area contributed by atoms with E-state index in [4.69, 9.17) is 20.6 Å². The molecular weight excluding hydrogens is 388 g/mol. The molecule has 2 aromatic heterocycles. The zero-order valence-corrected chi connectivity index (χ0v) is 17.1. The van der Waals surface area contributed by atoms with E-state index in [0.717, 1.165) is 25.6 Å². The first-order chi connectivity index (χ1) is 14.1. The minimum atomic E-state index is -0.870. The number of anilines is 1. The highest BCUT2D eigenvalue weighted by atomic mass is 16.4. The molecule has 158 valence electrons. The molecule has 1 aliphatic heterocycles. The summed E-state index contributed by atoms with van der Waals surface area (Å²) in [6, 6.07) is 5.40. The molecule has 30 heavy (non-hydrogen) atoms. The molecule has 0 radical (unpaired) electrons. The van der Waals surface area contributed by atoms with Crippen LogP contribution in [-0.2, 0) is 9.59 Å². The standard InChI is InChI=1S/C18H20N6O2.C2H4O2/c1-12-4-3-5-24-16(12)21-17(23-8-6-22(2)7-9-23)14(18(24)26)10-13(11-19)15(20)25;1-2(3)4/h3-5,10H,6-9H2,1-2H3,(H2,20,25);1H3,(H,3,4)/b13-10-;. The number of carbonyl (C=O) groups is 2. The second-order valence-electron chi connectivity index (χ2n) is 6.88. The van der Waals surface area contributed by atoms with E-state index in [9.17, 15) is 14.9 Å². The summed E-state index contributed by atoms with van der Waals surface area (Å²) in [5.41, 5.74) is 6.27. The van der Waals surface area contributed by atoms with Gasteiger partial charge in [0.15, 0.2) is 0 Å². The summed E-state index contributed by atoms with van der Waals surface area (Å²) in [6.07, 6.45) is 2.87. The number of aryl methyl sites for hydroxylation is 1. The molecule has 0 saturated carbocycles. The Balaban J connectivity index is 0.000000735. The maximum Gasteiger partial charge on any atom is 0.300 e. The average Bonchev–Trinajstić information content (AvgIpc) is 2.68. The number of nitrogens with zero attached hydrogens (tertiary/aromatic N) is 5. The van der Waals surface area contributed by atoms with Crippen molar-refractivity contribution in [3.8, 4) is 6.07 Å². The molecule has 1 aliphatic rings. The Morgan fingerprint density at radius 3 is 2.43 bits per heavy atom. The van der Waals surface area contributed by atoms with Crippen molar-refractivity contribution in [3.05, 3.63) is 45.4 Å². The molecule has 3 heterocycles. The van der Waals surface area contributed by atoms with Crippen LogP contribution in [0, 0.1) is 18.3 Å². The number of carboxylic acid groups (broad SMARTS) is 1. The summed E-state index contributed by atoms with van der Waals surface area (Å²) in [7, 11) is 2.03. The molecule has 3 N–H and O–H groups in total. The minimum Gasteiger partial charge on any atom is -0.481 e. The van der Waals surface area contributed by atoms with Gasteiger partial charge in [-0.15, -0.1) is 0 Å². The predicted octanol–water partition coefficient (Wildman–Crippen LogP) is 0.238. The molecule has 0 aromatic carbocycles. The number of fused-ring (bicyclic) bond motifs is 1. The number of carboxylic acids is 1. The van der Waals surface area contributed by atoms with Crippen LogP contribution in [0.4, 0.5) is 5.82 Å². The average molecular weight is 412 g/mol. The van der Waals surface area contributed by atoms with Gasteiger partial charge in [0.1, 0.15) is 23.1 Å². The van der Waals surface area contributed by atoms with E-state index in [1.54, 1.807) is 18.3 Å². The van der Waals surface area contributed by atoms with Crippen LogP contribution in [0.5, 0.6) is 0 Å². The number of aromatic nitrogens is 2. The van der Waals surface area contributed by atoms with Gasteiger partial charge in [0.2, 0.25) is 0 Å². The van der Waals surface area contributed by atoms with Crippen molar-refractivity contribution < 1.29 is 14.7 Å². The third-order valence-corrected chi connectivity index (χ3v) is 4.54. The lowest BCUT2D eigenvalue weighted by molar-refractivity contribution is -0.134. The molecule has 0 unspecified atom stereocenters. The number of likely N-dealkylation sites (N-methyl/N-ethyl adjacent to an activating group) is 1. The number of amides is 1. The van der Waals surface area contributed by atoms with Gasteiger partial charge in [-0.25, -0.2) is 4.98 Å². The number of aliphatic carboxylic acids is 1. The summed E-state index contributed by atoms with van der Waals surface area (Å²) in [6.45, 7) is 6.03. The molecule has 0 atom stereocenters. The number of primary amides is 1. The topological polar surface area (TPSA) is 145 Å². The van der Waals surface area contributed by atoms with Gasteiger partial charge in [0.25, 0.3) is 17.4 Å². The smallest absolute Gasteiger partial charge is 0.300 e. The van der Waals surface area contributed by atoms with E-state index in [2.05, 4.69) is 4.90 Å². The molecule has 0 bridgehead atoms. The number of hydrogen-bond donors (Lipinski definition) is 2. The van der Waals surface area contributed by atoms with Crippen LogP contribution in [0.2, 0.25) is 0 Å². The highest BCUT2D eigenvalue weighted by Gasteiger charge is 2.22. The Morgan fingerprint density at radius 2 is 1.90 bits per heavy atom. The van der Waals surface area contributed by atoms with Crippen molar-refractivity contribution in [1.29, 1.82) is 5.26 Å². The van der Waals surface area contributed by atoms with Crippen LogP contribution < -0.4 is 16.2 Å². The van der Waals surface area contributed by atoms with E-state index in [-0.39, 0.29) is 16.7 Å². The van der Waals surface area contributed by atoms with Crippen LogP contribution in [0.25, 0.3) is 11.7 Å². The maximum absolute atomic E-state index is 13.1. The van der Waals surface area contributed by atoms with Gasteiger partial charge in [0, 0.05) is 39.3 Å². The third-order valence-electron chi connectivity index (χ3n) is 4.54. The fourth-order valence-corrected chi connectivity index (χ4v) is 2.99. The van der Waals surface area contributed by atoms with Gasteiger partial charge in [-0.1, -0.05) is 6.07 Å². The second kappa shape index (κ2) is 9.67. The summed E-state index contributed by atoms with van der Waals surface area (Å²) in [5, 5.41) is 16.6. The normalized spacial score (nSPS) is 14.6. The first-order valence-electron chi connectivity index (χ1n) is 9.22.